The molecule has 0 bridgehead atoms. The highest BCUT2D eigenvalue weighted by molar-refractivity contribution is 7.92. The van der Waals surface area contributed by atoms with Gasteiger partial charge in [-0.2, -0.15) is 0 Å². The van der Waals surface area contributed by atoms with Gasteiger partial charge in [-0.05, 0) is 73.0 Å². The van der Waals surface area contributed by atoms with Gasteiger partial charge in [0.2, 0.25) is 0 Å². The molecule has 0 N–H and O–H groups in total. The summed E-state index contributed by atoms with van der Waals surface area (Å²) in [6.07, 6.45) is 0.428. The highest BCUT2D eigenvalue weighted by Gasteiger charge is 2.33. The summed E-state index contributed by atoms with van der Waals surface area (Å²) in [4.78, 5) is -0.137. The van der Waals surface area contributed by atoms with E-state index in [-0.39, 0.29) is 4.90 Å². The number of nitrogens with zero attached hydrogens (tertiary/aromatic N) is 1. The fourth-order valence-electron chi connectivity index (χ4n) is 3.34. The van der Waals surface area contributed by atoms with E-state index in [0.717, 1.165) is 22.5 Å². The maximum absolute atomic E-state index is 14.7. The van der Waals surface area contributed by atoms with Crippen molar-refractivity contribution in [2.24, 2.45) is 0 Å². The van der Waals surface area contributed by atoms with Crippen LogP contribution in [0.5, 0.6) is 0 Å². The van der Waals surface area contributed by atoms with Crippen LogP contribution in [0, 0.1) is 17.5 Å². The van der Waals surface area contributed by atoms with E-state index in [1.54, 1.807) is 13.8 Å². The Morgan fingerprint density at radius 2 is 1.53 bits per heavy atom. The molecule has 8 heteroatoms. The van der Waals surface area contributed by atoms with Crippen LogP contribution >= 0.6 is 11.6 Å². The van der Waals surface area contributed by atoms with Crippen molar-refractivity contribution in [3.8, 4) is 0 Å². The molecule has 0 heterocycles. The lowest BCUT2D eigenvalue weighted by atomic mass is 9.99. The molecule has 158 valence electrons. The van der Waals surface area contributed by atoms with Crippen molar-refractivity contribution in [2.45, 2.75) is 31.2 Å². The van der Waals surface area contributed by atoms with Crippen molar-refractivity contribution in [1.82, 2.24) is 0 Å². The normalized spacial score (nSPS) is 12.6. The smallest absolute Gasteiger partial charge is 0.256 e. The standard InChI is InChI=1S/C22H19ClF3NO2S/c1-3-15-12-17(24)6-10-20(15)14(2)27(22-13-18(25)7-11-21(22)26)30(28,29)19-8-4-16(23)5-9-19/h4-14H,3H2,1-2H3/t14-/m1/s1. The number of halogens is 4. The molecule has 30 heavy (non-hydrogen) atoms. The van der Waals surface area contributed by atoms with E-state index in [1.165, 1.54) is 42.5 Å². The van der Waals surface area contributed by atoms with Crippen molar-refractivity contribution in [2.75, 3.05) is 4.31 Å². The second-order valence-electron chi connectivity index (χ2n) is 6.72. The predicted molar refractivity (Wildman–Crippen MR) is 112 cm³/mol. The molecule has 3 aromatic rings. The summed E-state index contributed by atoms with van der Waals surface area (Å²) in [5.74, 6) is -2.16. The average Bonchev–Trinajstić information content (AvgIpc) is 2.70. The van der Waals surface area contributed by atoms with E-state index < -0.39 is 39.2 Å². The number of sulfonamides is 1. The Balaban J connectivity index is 2.25. The van der Waals surface area contributed by atoms with Crippen LogP contribution in [0.25, 0.3) is 0 Å². The molecule has 0 saturated heterocycles. The maximum Gasteiger partial charge on any atom is 0.264 e. The molecular weight excluding hydrogens is 435 g/mol. The zero-order chi connectivity index (χ0) is 22.1. The van der Waals surface area contributed by atoms with Gasteiger partial charge < -0.3 is 0 Å². The molecule has 0 unspecified atom stereocenters. The summed E-state index contributed by atoms with van der Waals surface area (Å²) in [7, 11) is -4.32. The first kappa shape index (κ1) is 22.2. The largest absolute Gasteiger partial charge is 0.264 e. The third kappa shape index (κ3) is 4.32. The number of aryl methyl sites for hydroxylation is 1. The summed E-state index contributed by atoms with van der Waals surface area (Å²) >= 11 is 5.86. The number of hydrogen-bond acceptors (Lipinski definition) is 2. The van der Waals surface area contributed by atoms with Crippen LogP contribution in [0.2, 0.25) is 5.02 Å². The van der Waals surface area contributed by atoms with Gasteiger partial charge in [0.05, 0.1) is 16.6 Å². The van der Waals surface area contributed by atoms with Crippen LogP contribution in [0.1, 0.15) is 31.0 Å². The third-order valence-corrected chi connectivity index (χ3v) is 6.95. The van der Waals surface area contributed by atoms with Crippen molar-refractivity contribution in [3.63, 3.8) is 0 Å². The number of anilines is 1. The van der Waals surface area contributed by atoms with Crippen LogP contribution in [0.4, 0.5) is 18.9 Å². The quantitative estimate of drug-likeness (QED) is 0.440. The number of hydrogen-bond donors (Lipinski definition) is 0. The van der Waals surface area contributed by atoms with E-state index in [9.17, 15) is 21.6 Å². The molecule has 0 radical (unpaired) electrons. The van der Waals surface area contributed by atoms with Crippen LogP contribution in [-0.4, -0.2) is 8.42 Å². The molecule has 0 aliphatic carbocycles. The van der Waals surface area contributed by atoms with E-state index in [1.807, 2.05) is 0 Å². The molecule has 0 saturated carbocycles. The summed E-state index contributed by atoms with van der Waals surface area (Å²) in [6, 6.07) is 11.0. The highest BCUT2D eigenvalue weighted by Crippen LogP contribution is 2.37. The Morgan fingerprint density at radius 1 is 0.933 bits per heavy atom. The number of rotatable bonds is 6. The third-order valence-electron chi connectivity index (χ3n) is 4.80. The average molecular weight is 454 g/mol. The second-order valence-corrected chi connectivity index (χ2v) is 8.97. The SMILES string of the molecule is CCc1cc(F)ccc1[C@@H](C)N(c1cc(F)ccc1F)S(=O)(=O)c1ccc(Cl)cc1. The van der Waals surface area contributed by atoms with Crippen molar-refractivity contribution in [3.05, 3.63) is 94.3 Å². The van der Waals surface area contributed by atoms with Crippen molar-refractivity contribution >= 4 is 27.3 Å². The van der Waals surface area contributed by atoms with Gasteiger partial charge in [0.15, 0.2) is 0 Å². The topological polar surface area (TPSA) is 37.4 Å². The lowest BCUT2D eigenvalue weighted by Gasteiger charge is -2.32. The lowest BCUT2D eigenvalue weighted by Crippen LogP contribution is -2.35. The van der Waals surface area contributed by atoms with Gasteiger partial charge >= 0.3 is 0 Å². The highest BCUT2D eigenvalue weighted by atomic mass is 35.5. The van der Waals surface area contributed by atoms with E-state index in [4.69, 9.17) is 11.6 Å². The first-order chi connectivity index (χ1) is 14.1. The summed E-state index contributed by atoms with van der Waals surface area (Å²) in [5.41, 5.74) is 0.611. The minimum absolute atomic E-state index is 0.137. The Labute approximate surface area is 178 Å². The molecule has 0 spiro atoms. The molecule has 0 fully saturated rings. The fourth-order valence-corrected chi connectivity index (χ4v) is 5.10. The Kier molecular flexibility index (Phi) is 6.43. The lowest BCUT2D eigenvalue weighted by molar-refractivity contribution is 0.569. The second kappa shape index (κ2) is 8.70. The van der Waals surface area contributed by atoms with Crippen LogP contribution < -0.4 is 4.31 Å². The monoisotopic (exact) mass is 453 g/mol. The van der Waals surface area contributed by atoms with E-state index in [2.05, 4.69) is 0 Å². The van der Waals surface area contributed by atoms with Gasteiger partial charge in [-0.1, -0.05) is 24.6 Å². The summed E-state index contributed by atoms with van der Waals surface area (Å²) in [6.45, 7) is 3.34. The molecule has 0 amide bonds. The Hall–Kier alpha value is -2.51. The number of benzene rings is 3. The molecule has 0 aromatic heterocycles. The minimum atomic E-state index is -4.32. The van der Waals surface area contributed by atoms with Gasteiger partial charge in [-0.25, -0.2) is 21.6 Å². The Morgan fingerprint density at radius 3 is 2.17 bits per heavy atom. The molecule has 3 rings (SSSR count). The molecule has 0 aliphatic rings. The minimum Gasteiger partial charge on any atom is -0.256 e. The molecule has 0 aliphatic heterocycles. The molecule has 3 aromatic carbocycles. The van der Waals surface area contributed by atoms with Gasteiger partial charge in [0.1, 0.15) is 17.5 Å². The van der Waals surface area contributed by atoms with Gasteiger partial charge in [-0.3, -0.25) is 4.31 Å². The van der Waals surface area contributed by atoms with Crippen molar-refractivity contribution < 1.29 is 21.6 Å². The van der Waals surface area contributed by atoms with Crippen LogP contribution in [0.3, 0.4) is 0 Å². The zero-order valence-corrected chi connectivity index (χ0v) is 17.8. The van der Waals surface area contributed by atoms with Crippen LogP contribution in [-0.2, 0) is 16.4 Å². The molecule has 3 nitrogen and oxygen atoms in total. The summed E-state index contributed by atoms with van der Waals surface area (Å²) in [5, 5.41) is 0.331. The molecular formula is C22H19ClF3NO2S. The molecule has 1 atom stereocenters. The van der Waals surface area contributed by atoms with E-state index >= 15 is 0 Å². The summed E-state index contributed by atoms with van der Waals surface area (Å²) < 4.78 is 70.2. The zero-order valence-electron chi connectivity index (χ0n) is 16.2. The van der Waals surface area contributed by atoms with Gasteiger partial charge in [0.25, 0.3) is 10.0 Å². The van der Waals surface area contributed by atoms with Crippen molar-refractivity contribution in [1.29, 1.82) is 0 Å². The first-order valence-corrected chi connectivity index (χ1v) is 11.0. The fraction of sp³-hybridized carbons (Fsp3) is 0.182. The predicted octanol–water partition coefficient (Wildman–Crippen LogP) is 6.28. The maximum atomic E-state index is 14.7. The van der Waals surface area contributed by atoms with Crippen LogP contribution in [0.15, 0.2) is 65.6 Å². The first-order valence-electron chi connectivity index (χ1n) is 9.18. The van der Waals surface area contributed by atoms with Gasteiger partial charge in [0, 0.05) is 11.1 Å². The van der Waals surface area contributed by atoms with Gasteiger partial charge in [-0.15, -0.1) is 0 Å². The van der Waals surface area contributed by atoms with E-state index in [0.29, 0.717) is 22.6 Å². The Bertz CT molecular complexity index is 1170.